The van der Waals surface area contributed by atoms with Crippen LogP contribution >= 0.6 is 0 Å². The number of carboxylic acid groups (broad SMARTS) is 1. The van der Waals surface area contributed by atoms with Crippen molar-refractivity contribution in [2.45, 2.75) is 31.9 Å². The fourth-order valence-corrected chi connectivity index (χ4v) is 2.29. The summed E-state index contributed by atoms with van der Waals surface area (Å²) >= 11 is 0. The molecule has 0 aromatic rings. The Morgan fingerprint density at radius 1 is 1.30 bits per heavy atom. The Labute approximate surface area is 114 Å². The van der Waals surface area contributed by atoms with Crippen molar-refractivity contribution in [3.8, 4) is 0 Å². The number of aliphatic carboxylic acids is 1. The molecule has 116 valence electrons. The number of amides is 1. The number of alkyl halides is 3. The Morgan fingerprint density at radius 3 is 2.60 bits per heavy atom. The zero-order valence-corrected chi connectivity index (χ0v) is 10.9. The van der Waals surface area contributed by atoms with Gasteiger partial charge in [0.1, 0.15) is 6.61 Å². The van der Waals surface area contributed by atoms with Gasteiger partial charge < -0.3 is 15.2 Å². The second kappa shape index (κ2) is 7.47. The van der Waals surface area contributed by atoms with Gasteiger partial charge in [-0.3, -0.25) is 9.59 Å². The largest absolute Gasteiger partial charge is 0.481 e. The van der Waals surface area contributed by atoms with Crippen molar-refractivity contribution in [2.24, 2.45) is 11.8 Å². The van der Waals surface area contributed by atoms with Crippen LogP contribution in [-0.2, 0) is 14.3 Å². The Kier molecular flexibility index (Phi) is 6.25. The number of carbonyl (C=O) groups is 2. The predicted molar refractivity (Wildman–Crippen MR) is 63.0 cm³/mol. The smallest absolute Gasteiger partial charge is 0.411 e. The Bertz CT molecular complexity index is 346. The van der Waals surface area contributed by atoms with Crippen LogP contribution in [0.15, 0.2) is 0 Å². The molecule has 0 radical (unpaired) electrons. The van der Waals surface area contributed by atoms with E-state index in [0.717, 1.165) is 12.8 Å². The molecule has 0 heterocycles. The second-order valence-corrected chi connectivity index (χ2v) is 4.86. The summed E-state index contributed by atoms with van der Waals surface area (Å²) in [7, 11) is 0. The normalized spacial score (nSPS) is 22.8. The van der Waals surface area contributed by atoms with Crippen LogP contribution < -0.4 is 5.32 Å². The predicted octanol–water partition coefficient (Wildman–Crippen LogP) is 1.57. The van der Waals surface area contributed by atoms with Crippen LogP contribution in [0.25, 0.3) is 0 Å². The first kappa shape index (κ1) is 16.7. The van der Waals surface area contributed by atoms with E-state index in [1.165, 1.54) is 0 Å². The molecule has 1 amide bonds. The third-order valence-electron chi connectivity index (χ3n) is 3.28. The van der Waals surface area contributed by atoms with Gasteiger partial charge in [-0.1, -0.05) is 6.42 Å². The van der Waals surface area contributed by atoms with E-state index < -0.39 is 30.6 Å². The van der Waals surface area contributed by atoms with Crippen LogP contribution in [0.1, 0.15) is 25.7 Å². The molecule has 0 aliphatic heterocycles. The van der Waals surface area contributed by atoms with Crippen LogP contribution in [-0.4, -0.2) is 42.9 Å². The van der Waals surface area contributed by atoms with E-state index >= 15 is 0 Å². The van der Waals surface area contributed by atoms with Crippen LogP contribution in [0.4, 0.5) is 13.2 Å². The van der Waals surface area contributed by atoms with Gasteiger partial charge in [-0.2, -0.15) is 13.2 Å². The molecular weight excluding hydrogens is 279 g/mol. The molecule has 20 heavy (non-hydrogen) atoms. The lowest BCUT2D eigenvalue weighted by Crippen LogP contribution is -2.33. The highest BCUT2D eigenvalue weighted by atomic mass is 19.4. The van der Waals surface area contributed by atoms with Gasteiger partial charge in [-0.25, -0.2) is 0 Å². The van der Waals surface area contributed by atoms with E-state index in [9.17, 15) is 22.8 Å². The number of carbonyl (C=O) groups excluding carboxylic acids is 1. The molecule has 2 unspecified atom stereocenters. The molecule has 0 aromatic carbocycles. The maximum Gasteiger partial charge on any atom is 0.411 e. The maximum atomic E-state index is 11.8. The molecule has 1 aliphatic carbocycles. The molecule has 0 aromatic heterocycles. The lowest BCUT2D eigenvalue weighted by atomic mass is 9.96. The summed E-state index contributed by atoms with van der Waals surface area (Å²) in [6.45, 7) is -1.43. The molecule has 1 saturated carbocycles. The first-order valence-corrected chi connectivity index (χ1v) is 6.43. The monoisotopic (exact) mass is 297 g/mol. The summed E-state index contributed by atoms with van der Waals surface area (Å²) in [5, 5.41) is 11.5. The van der Waals surface area contributed by atoms with Crippen LogP contribution in [0, 0.1) is 11.8 Å². The molecule has 2 N–H and O–H groups in total. The second-order valence-electron chi connectivity index (χ2n) is 4.86. The van der Waals surface area contributed by atoms with Crippen LogP contribution in [0.3, 0.4) is 0 Å². The van der Waals surface area contributed by atoms with Crippen molar-refractivity contribution < 1.29 is 32.6 Å². The van der Waals surface area contributed by atoms with Crippen LogP contribution in [0.2, 0.25) is 0 Å². The van der Waals surface area contributed by atoms with Crippen molar-refractivity contribution in [1.82, 2.24) is 5.32 Å². The first-order valence-electron chi connectivity index (χ1n) is 6.43. The topological polar surface area (TPSA) is 75.6 Å². The van der Waals surface area contributed by atoms with Crippen molar-refractivity contribution >= 4 is 11.9 Å². The summed E-state index contributed by atoms with van der Waals surface area (Å²) in [6, 6.07) is 0. The number of hydrogen-bond donors (Lipinski definition) is 2. The van der Waals surface area contributed by atoms with E-state index in [1.54, 1.807) is 0 Å². The number of hydrogen-bond acceptors (Lipinski definition) is 3. The molecule has 0 spiro atoms. The third kappa shape index (κ3) is 6.23. The van der Waals surface area contributed by atoms with E-state index in [0.29, 0.717) is 6.42 Å². The fraction of sp³-hybridized carbons (Fsp3) is 0.833. The van der Waals surface area contributed by atoms with E-state index in [4.69, 9.17) is 5.11 Å². The molecule has 1 rings (SSSR count). The highest BCUT2D eigenvalue weighted by Gasteiger charge is 2.32. The highest BCUT2D eigenvalue weighted by molar-refractivity contribution is 5.76. The number of nitrogens with one attached hydrogen (secondary N) is 1. The van der Waals surface area contributed by atoms with E-state index in [2.05, 4.69) is 10.1 Å². The third-order valence-corrected chi connectivity index (χ3v) is 3.28. The van der Waals surface area contributed by atoms with Gasteiger partial charge in [0.15, 0.2) is 0 Å². The SMILES string of the molecule is O=C(CCOCC(F)(F)F)NCC1CCCC1C(=O)O. The van der Waals surface area contributed by atoms with Crippen molar-refractivity contribution in [1.29, 1.82) is 0 Å². The minimum atomic E-state index is -4.39. The van der Waals surface area contributed by atoms with Gasteiger partial charge in [0.25, 0.3) is 0 Å². The lowest BCUT2D eigenvalue weighted by molar-refractivity contribution is -0.174. The summed E-state index contributed by atoms with van der Waals surface area (Å²) in [4.78, 5) is 22.3. The zero-order chi connectivity index (χ0) is 15.2. The standard InChI is InChI=1S/C12H18F3NO4/c13-12(14,15)7-20-5-4-10(17)16-6-8-2-1-3-9(8)11(18)19/h8-9H,1-7H2,(H,16,17)(H,18,19). The van der Waals surface area contributed by atoms with Crippen molar-refractivity contribution in [2.75, 3.05) is 19.8 Å². The first-order chi connectivity index (χ1) is 9.29. The number of halogens is 3. The minimum Gasteiger partial charge on any atom is -0.481 e. The average molecular weight is 297 g/mol. The Balaban J connectivity index is 2.15. The molecular formula is C12H18F3NO4. The van der Waals surface area contributed by atoms with Gasteiger partial charge in [0, 0.05) is 13.0 Å². The highest BCUT2D eigenvalue weighted by Crippen LogP contribution is 2.31. The molecule has 5 nitrogen and oxygen atoms in total. The minimum absolute atomic E-state index is 0.104. The number of rotatable bonds is 7. The number of ether oxygens (including phenoxy) is 1. The molecule has 8 heteroatoms. The quantitative estimate of drug-likeness (QED) is 0.699. The molecule has 0 bridgehead atoms. The molecule has 0 saturated heterocycles. The van der Waals surface area contributed by atoms with Gasteiger partial charge in [-0.05, 0) is 18.8 Å². The van der Waals surface area contributed by atoms with E-state index in [1.807, 2.05) is 0 Å². The van der Waals surface area contributed by atoms with Crippen molar-refractivity contribution in [3.05, 3.63) is 0 Å². The van der Waals surface area contributed by atoms with Crippen LogP contribution in [0.5, 0.6) is 0 Å². The van der Waals surface area contributed by atoms with Gasteiger partial charge in [-0.15, -0.1) is 0 Å². The molecule has 2 atom stereocenters. The average Bonchev–Trinajstić information content (AvgIpc) is 2.79. The number of carboxylic acids is 1. The van der Waals surface area contributed by atoms with Gasteiger partial charge in [0.2, 0.25) is 5.91 Å². The van der Waals surface area contributed by atoms with Crippen molar-refractivity contribution in [3.63, 3.8) is 0 Å². The molecule has 1 aliphatic rings. The summed E-state index contributed by atoms with van der Waals surface area (Å²) < 4.78 is 39.6. The maximum absolute atomic E-state index is 11.8. The summed E-state index contributed by atoms with van der Waals surface area (Å²) in [5.41, 5.74) is 0. The summed E-state index contributed by atoms with van der Waals surface area (Å²) in [6.07, 6.45) is -2.41. The lowest BCUT2D eigenvalue weighted by Gasteiger charge is -2.16. The van der Waals surface area contributed by atoms with Gasteiger partial charge in [0.05, 0.1) is 12.5 Å². The summed E-state index contributed by atoms with van der Waals surface area (Å²) in [5.74, 6) is -1.84. The van der Waals surface area contributed by atoms with E-state index in [-0.39, 0.29) is 25.5 Å². The van der Waals surface area contributed by atoms with Gasteiger partial charge >= 0.3 is 12.1 Å². The zero-order valence-electron chi connectivity index (χ0n) is 10.9. The fourth-order valence-electron chi connectivity index (χ4n) is 2.29. The Hall–Kier alpha value is -1.31. The molecule has 1 fully saturated rings. The Morgan fingerprint density at radius 2 is 2.00 bits per heavy atom.